The maximum Gasteiger partial charge on any atom is 0.153 e. The number of pyridine rings is 1. The van der Waals surface area contributed by atoms with Crippen LogP contribution in [0.4, 0.5) is 5.69 Å². The Morgan fingerprint density at radius 2 is 2.36 bits per heavy atom. The highest BCUT2D eigenvalue weighted by Crippen LogP contribution is 2.33. The van der Waals surface area contributed by atoms with E-state index in [-0.39, 0.29) is 6.61 Å². The van der Waals surface area contributed by atoms with Crippen molar-refractivity contribution in [1.82, 2.24) is 4.98 Å². The number of hydrogen-bond acceptors (Lipinski definition) is 3. The first-order valence-electron chi connectivity index (χ1n) is 4.38. The van der Waals surface area contributed by atoms with Crippen molar-refractivity contribution in [3.8, 4) is 0 Å². The van der Waals surface area contributed by atoms with E-state index in [1.54, 1.807) is 6.20 Å². The van der Waals surface area contributed by atoms with Crippen LogP contribution in [0.5, 0.6) is 0 Å². The van der Waals surface area contributed by atoms with Gasteiger partial charge in [-0.05, 0) is 28.7 Å². The summed E-state index contributed by atoms with van der Waals surface area (Å²) in [4.78, 5) is 6.20. The third kappa shape index (κ3) is 1.83. The highest BCUT2D eigenvalue weighted by atomic mass is 127. The molecule has 0 spiro atoms. The zero-order chi connectivity index (χ0) is 10.1. The van der Waals surface area contributed by atoms with Crippen LogP contribution in [-0.2, 0) is 0 Å². The van der Waals surface area contributed by atoms with E-state index in [0.29, 0.717) is 11.1 Å². The van der Waals surface area contributed by atoms with Gasteiger partial charge in [0, 0.05) is 35.4 Å². The number of aliphatic hydroxyl groups is 1. The van der Waals surface area contributed by atoms with Gasteiger partial charge in [0.1, 0.15) is 0 Å². The summed E-state index contributed by atoms with van der Waals surface area (Å²) in [6.07, 6.45) is 1.71. The molecule has 0 aromatic carbocycles. The fourth-order valence-electron chi connectivity index (χ4n) is 1.56. The molecule has 5 heteroatoms. The Kier molecular flexibility index (Phi) is 3.14. The lowest BCUT2D eigenvalue weighted by Crippen LogP contribution is -2.48. The molecule has 0 aliphatic carbocycles. The Labute approximate surface area is 101 Å². The van der Waals surface area contributed by atoms with Crippen LogP contribution in [0.1, 0.15) is 0 Å². The first-order valence-corrected chi connectivity index (χ1v) is 5.84. The molecule has 14 heavy (non-hydrogen) atoms. The number of anilines is 1. The average Bonchev–Trinajstić information content (AvgIpc) is 2.08. The van der Waals surface area contributed by atoms with Crippen molar-refractivity contribution in [1.29, 1.82) is 0 Å². The van der Waals surface area contributed by atoms with Gasteiger partial charge in [0.15, 0.2) is 5.15 Å². The Hall–Kier alpha value is -0.0700. The topological polar surface area (TPSA) is 36.4 Å². The van der Waals surface area contributed by atoms with Crippen LogP contribution in [0.3, 0.4) is 0 Å². The zero-order valence-electron chi connectivity index (χ0n) is 7.45. The zero-order valence-corrected chi connectivity index (χ0v) is 10.4. The Bertz CT molecular complexity index is 321. The lowest BCUT2D eigenvalue weighted by Gasteiger charge is -2.40. The molecular formula is C9H10ClIN2O. The monoisotopic (exact) mass is 324 g/mol. The number of aromatic nitrogens is 1. The normalized spacial score (nSPS) is 16.9. The van der Waals surface area contributed by atoms with Crippen molar-refractivity contribution < 1.29 is 5.11 Å². The molecule has 0 amide bonds. The second kappa shape index (κ2) is 4.20. The van der Waals surface area contributed by atoms with E-state index < -0.39 is 0 Å². The second-order valence-electron chi connectivity index (χ2n) is 3.39. The molecule has 1 N–H and O–H groups in total. The van der Waals surface area contributed by atoms with E-state index in [4.69, 9.17) is 16.7 Å². The minimum atomic E-state index is 0.255. The molecule has 2 heterocycles. The molecule has 0 atom stereocenters. The third-order valence-electron chi connectivity index (χ3n) is 2.36. The summed E-state index contributed by atoms with van der Waals surface area (Å²) < 4.78 is 1.11. The predicted molar refractivity (Wildman–Crippen MR) is 64.8 cm³/mol. The number of rotatable bonds is 2. The molecule has 76 valence electrons. The van der Waals surface area contributed by atoms with Gasteiger partial charge >= 0.3 is 0 Å². The van der Waals surface area contributed by atoms with E-state index in [1.165, 1.54) is 0 Å². The number of halogens is 2. The minimum absolute atomic E-state index is 0.255. The van der Waals surface area contributed by atoms with E-state index in [9.17, 15) is 0 Å². The molecule has 1 aromatic rings. The second-order valence-corrected chi connectivity index (χ2v) is 4.91. The van der Waals surface area contributed by atoms with Gasteiger partial charge in [-0.25, -0.2) is 4.98 Å². The van der Waals surface area contributed by atoms with E-state index in [2.05, 4.69) is 32.5 Å². The summed E-state index contributed by atoms with van der Waals surface area (Å²) >= 11 is 8.26. The summed E-state index contributed by atoms with van der Waals surface area (Å²) in [7, 11) is 0. The van der Waals surface area contributed by atoms with Gasteiger partial charge in [-0.1, -0.05) is 11.6 Å². The van der Waals surface area contributed by atoms with Crippen molar-refractivity contribution in [2.24, 2.45) is 5.92 Å². The van der Waals surface area contributed by atoms with Crippen LogP contribution in [0, 0.1) is 9.49 Å². The van der Waals surface area contributed by atoms with Crippen LogP contribution in [0.25, 0.3) is 0 Å². The molecule has 1 saturated heterocycles. The summed E-state index contributed by atoms with van der Waals surface area (Å²) in [5, 5.41) is 9.46. The van der Waals surface area contributed by atoms with Crippen molar-refractivity contribution >= 4 is 39.9 Å². The van der Waals surface area contributed by atoms with E-state index in [0.717, 1.165) is 22.3 Å². The molecule has 2 rings (SSSR count). The summed E-state index contributed by atoms with van der Waals surface area (Å²) in [5.41, 5.74) is 1.000. The van der Waals surface area contributed by atoms with Gasteiger partial charge in [-0.15, -0.1) is 0 Å². The summed E-state index contributed by atoms with van der Waals surface area (Å²) in [6, 6.07) is 1.94. The maximum atomic E-state index is 8.91. The fourth-order valence-corrected chi connectivity index (χ4v) is 2.75. The lowest BCUT2D eigenvalue weighted by molar-refractivity contribution is 0.200. The van der Waals surface area contributed by atoms with Crippen molar-refractivity contribution in [3.05, 3.63) is 21.0 Å². The first kappa shape index (κ1) is 10.4. The molecule has 1 fully saturated rings. The van der Waals surface area contributed by atoms with E-state index >= 15 is 0 Å². The number of hydrogen-bond donors (Lipinski definition) is 1. The molecule has 0 saturated carbocycles. The smallest absolute Gasteiger partial charge is 0.153 e. The van der Waals surface area contributed by atoms with Crippen molar-refractivity contribution in [2.45, 2.75) is 0 Å². The van der Waals surface area contributed by atoms with Gasteiger partial charge < -0.3 is 10.0 Å². The van der Waals surface area contributed by atoms with Gasteiger partial charge in [-0.2, -0.15) is 0 Å². The van der Waals surface area contributed by atoms with Crippen molar-refractivity contribution in [2.75, 3.05) is 24.6 Å². The summed E-state index contributed by atoms with van der Waals surface area (Å²) in [5.74, 6) is 0.391. The molecule has 1 aliphatic heterocycles. The van der Waals surface area contributed by atoms with Crippen LogP contribution in [-0.4, -0.2) is 29.8 Å². The number of aliphatic hydroxyl groups excluding tert-OH is 1. The maximum absolute atomic E-state index is 8.91. The van der Waals surface area contributed by atoms with Gasteiger partial charge in [-0.3, -0.25) is 0 Å². The highest BCUT2D eigenvalue weighted by Gasteiger charge is 2.29. The standard InChI is InChI=1S/C9H10ClIN2O/c10-9-8(7(11)1-2-12-9)13-3-6(4-13)5-14/h1-2,6,14H,3-5H2. The third-order valence-corrected chi connectivity index (χ3v) is 3.51. The van der Waals surface area contributed by atoms with Gasteiger partial charge in [0.05, 0.1) is 5.69 Å². The highest BCUT2D eigenvalue weighted by molar-refractivity contribution is 14.1. The first-order chi connectivity index (χ1) is 6.72. The lowest BCUT2D eigenvalue weighted by atomic mass is 10.0. The molecule has 3 nitrogen and oxygen atoms in total. The van der Waals surface area contributed by atoms with Gasteiger partial charge in [0.25, 0.3) is 0 Å². The van der Waals surface area contributed by atoms with Crippen molar-refractivity contribution in [3.63, 3.8) is 0 Å². The molecule has 0 radical (unpaired) electrons. The molecule has 0 bridgehead atoms. The number of nitrogens with zero attached hydrogens (tertiary/aromatic N) is 2. The quantitative estimate of drug-likeness (QED) is 0.665. The largest absolute Gasteiger partial charge is 0.396 e. The molecule has 0 unspecified atom stereocenters. The molecule has 1 aliphatic rings. The molecular weight excluding hydrogens is 314 g/mol. The van der Waals surface area contributed by atoms with Crippen LogP contribution in [0.15, 0.2) is 12.3 Å². The fraction of sp³-hybridized carbons (Fsp3) is 0.444. The summed E-state index contributed by atoms with van der Waals surface area (Å²) in [6.45, 7) is 2.00. The minimum Gasteiger partial charge on any atom is -0.396 e. The van der Waals surface area contributed by atoms with Crippen LogP contribution >= 0.6 is 34.2 Å². The SMILES string of the molecule is OCC1CN(c2c(I)ccnc2Cl)C1. The van der Waals surface area contributed by atoms with E-state index in [1.807, 2.05) is 6.07 Å². The molecule has 1 aromatic heterocycles. The predicted octanol–water partition coefficient (Wildman–Crippen LogP) is 1.77. The average molecular weight is 325 g/mol. The Morgan fingerprint density at radius 1 is 1.64 bits per heavy atom. The van der Waals surface area contributed by atoms with Gasteiger partial charge in [0.2, 0.25) is 0 Å². The Balaban J connectivity index is 2.18. The Morgan fingerprint density at radius 3 is 2.93 bits per heavy atom. The van der Waals surface area contributed by atoms with Crippen LogP contribution in [0.2, 0.25) is 5.15 Å². The van der Waals surface area contributed by atoms with Crippen LogP contribution < -0.4 is 4.90 Å².